The highest BCUT2D eigenvalue weighted by atomic mass is 19.3. The molecule has 2 aromatic carbocycles. The van der Waals surface area contributed by atoms with Gasteiger partial charge in [0.2, 0.25) is 11.8 Å². The number of anilines is 2. The van der Waals surface area contributed by atoms with Crippen molar-refractivity contribution in [2.24, 2.45) is 5.92 Å². The maximum atomic E-state index is 14.3. The van der Waals surface area contributed by atoms with Crippen LogP contribution in [0.15, 0.2) is 65.7 Å². The van der Waals surface area contributed by atoms with E-state index in [0.29, 0.717) is 43.2 Å². The molecule has 65 heavy (non-hydrogen) atoms. The van der Waals surface area contributed by atoms with Crippen LogP contribution in [0.3, 0.4) is 0 Å². The molecule has 0 spiro atoms. The number of nitrogens with zero attached hydrogens (tertiary/aromatic N) is 7. The molecule has 0 radical (unpaired) electrons. The van der Waals surface area contributed by atoms with Gasteiger partial charge in [-0.2, -0.15) is 10.2 Å². The molecule has 17 heteroatoms. The number of alkyl halides is 2. The molecule has 15 nitrogen and oxygen atoms in total. The van der Waals surface area contributed by atoms with Crippen molar-refractivity contribution in [2.75, 3.05) is 49.6 Å². The van der Waals surface area contributed by atoms with Crippen molar-refractivity contribution in [3.8, 4) is 11.8 Å². The summed E-state index contributed by atoms with van der Waals surface area (Å²) < 4.78 is 49.5. The van der Waals surface area contributed by atoms with Crippen molar-refractivity contribution in [2.45, 2.75) is 94.4 Å². The van der Waals surface area contributed by atoms with E-state index in [2.05, 4.69) is 42.5 Å². The van der Waals surface area contributed by atoms with Crippen LogP contribution >= 0.6 is 0 Å². The number of fused-ring (bicyclic) bond motifs is 6. The number of rotatable bonds is 10. The summed E-state index contributed by atoms with van der Waals surface area (Å²) >= 11 is 0. The zero-order valence-corrected chi connectivity index (χ0v) is 35.8. The Balaban J connectivity index is 0.647. The molecule has 2 N–H and O–H groups in total. The van der Waals surface area contributed by atoms with E-state index in [1.807, 2.05) is 36.4 Å². The van der Waals surface area contributed by atoms with Crippen LogP contribution < -0.4 is 15.5 Å². The second-order valence-electron chi connectivity index (χ2n) is 18.1. The number of carbonyl (C=O) groups is 3. The lowest BCUT2D eigenvalue weighted by molar-refractivity contribution is -0.134. The molecule has 5 aliphatic rings. The van der Waals surface area contributed by atoms with Gasteiger partial charge in [-0.3, -0.25) is 24.4 Å². The zero-order chi connectivity index (χ0) is 44.2. The van der Waals surface area contributed by atoms with Gasteiger partial charge in [0.05, 0.1) is 55.0 Å². The smallest absolute Gasteiger partial charge is 0.284 e. The molecule has 3 amide bonds. The van der Waals surface area contributed by atoms with Crippen LogP contribution in [0.5, 0.6) is 0 Å². The van der Waals surface area contributed by atoms with Crippen LogP contribution in [-0.2, 0) is 19.1 Å². The van der Waals surface area contributed by atoms with Gasteiger partial charge in [-0.05, 0) is 92.3 Å². The van der Waals surface area contributed by atoms with E-state index >= 15 is 0 Å². The van der Waals surface area contributed by atoms with Crippen LogP contribution in [0.2, 0.25) is 0 Å². The summed E-state index contributed by atoms with van der Waals surface area (Å²) in [6.45, 7) is 4.62. The Morgan fingerprint density at radius 2 is 1.89 bits per heavy atom. The van der Waals surface area contributed by atoms with Gasteiger partial charge in [-0.25, -0.2) is 18.3 Å². The molecule has 336 valence electrons. The molecule has 4 aromatic heterocycles. The number of benzene rings is 2. The van der Waals surface area contributed by atoms with E-state index < -0.39 is 23.9 Å². The molecule has 4 saturated heterocycles. The van der Waals surface area contributed by atoms with Gasteiger partial charge in [0.1, 0.15) is 23.6 Å². The minimum atomic E-state index is -2.85. The van der Waals surface area contributed by atoms with Crippen molar-refractivity contribution < 1.29 is 37.1 Å². The third-order valence-electron chi connectivity index (χ3n) is 14.1. The zero-order valence-electron chi connectivity index (χ0n) is 35.8. The summed E-state index contributed by atoms with van der Waals surface area (Å²) in [4.78, 5) is 47.3. The maximum Gasteiger partial charge on any atom is 0.284 e. The fraction of sp³-hybridized carbons (Fsp3) is 0.458. The van der Waals surface area contributed by atoms with Gasteiger partial charge in [0.15, 0.2) is 11.3 Å². The van der Waals surface area contributed by atoms with E-state index in [1.165, 1.54) is 10.7 Å². The minimum absolute atomic E-state index is 0.00116. The lowest BCUT2D eigenvalue weighted by Crippen LogP contribution is -2.40. The molecule has 3 unspecified atom stereocenters. The van der Waals surface area contributed by atoms with Gasteiger partial charge in [-0.1, -0.05) is 24.0 Å². The Kier molecular flexibility index (Phi) is 11.0. The first-order chi connectivity index (χ1) is 31.7. The number of halogens is 2. The molecule has 8 heterocycles. The Morgan fingerprint density at radius 3 is 2.68 bits per heavy atom. The first kappa shape index (κ1) is 41.5. The lowest BCUT2D eigenvalue weighted by Gasteiger charge is -2.36. The molecule has 5 fully saturated rings. The normalized spacial score (nSPS) is 24.0. The van der Waals surface area contributed by atoms with E-state index in [1.54, 1.807) is 23.3 Å². The number of carbonyl (C=O) groups excluding carboxylic acids is 3. The van der Waals surface area contributed by atoms with E-state index in [0.717, 1.165) is 104 Å². The highest BCUT2D eigenvalue weighted by Crippen LogP contribution is 2.39. The van der Waals surface area contributed by atoms with E-state index in [4.69, 9.17) is 18.9 Å². The highest BCUT2D eigenvalue weighted by molar-refractivity contribution is 6.11. The van der Waals surface area contributed by atoms with Crippen molar-refractivity contribution in [3.63, 3.8) is 0 Å². The standard InChI is InChI=1S/C48H49F2N9O6/c49-45(50)44-39(52-48(62)37-22-51-58-18-15-41(53-46(37)58)57-24-34-21-32(57)26-64-34)25-59(55-44)31-7-3-29(4-8-31)23-56-16-13-33(14-17-56)63-19-1-2-28-5-9-35-30(20-28)6-11-40-43(35)38(27-65-40)36-10-12-42(60)54-47(36)61/h5-6,9,11,15,18,20,22,25,27,29,31-34,36,45H,3-4,7-8,10,12-14,16-17,19,21,23-24,26H2,(H,52,62)(H,54,60,61). The number of imide groups is 1. The number of nitrogens with one attached hydrogen (secondary N) is 2. The van der Waals surface area contributed by atoms with Gasteiger partial charge < -0.3 is 29.0 Å². The molecule has 11 rings (SSSR count). The first-order valence-corrected chi connectivity index (χ1v) is 22.7. The second kappa shape index (κ2) is 17.3. The van der Waals surface area contributed by atoms with Gasteiger partial charge in [0.25, 0.3) is 12.3 Å². The average molecular weight is 886 g/mol. The minimum Gasteiger partial charge on any atom is -0.464 e. The molecular formula is C48H49F2N9O6. The Morgan fingerprint density at radius 1 is 1.03 bits per heavy atom. The maximum absolute atomic E-state index is 14.3. The second-order valence-corrected chi connectivity index (χ2v) is 18.1. The molecule has 1 aliphatic carbocycles. The summed E-state index contributed by atoms with van der Waals surface area (Å²) in [6, 6.07) is 12.0. The van der Waals surface area contributed by atoms with Crippen LogP contribution in [0.4, 0.5) is 20.3 Å². The fourth-order valence-electron chi connectivity index (χ4n) is 10.6. The van der Waals surface area contributed by atoms with E-state index in [-0.39, 0.29) is 47.4 Å². The molecular weight excluding hydrogens is 837 g/mol. The van der Waals surface area contributed by atoms with Crippen LogP contribution in [-0.4, -0.2) is 105 Å². The topological polar surface area (TPSA) is 161 Å². The van der Waals surface area contributed by atoms with Crippen LogP contribution in [0.1, 0.15) is 103 Å². The summed E-state index contributed by atoms with van der Waals surface area (Å²) in [5.74, 6) is 6.16. The number of hydrogen-bond acceptors (Lipinski definition) is 11. The fourth-order valence-corrected chi connectivity index (χ4v) is 10.6. The number of aromatic nitrogens is 5. The Hall–Kier alpha value is -6.22. The molecule has 2 bridgehead atoms. The largest absolute Gasteiger partial charge is 0.464 e. The van der Waals surface area contributed by atoms with Gasteiger partial charge in [0, 0.05) is 61.5 Å². The third kappa shape index (κ3) is 8.23. The summed E-state index contributed by atoms with van der Waals surface area (Å²) in [5, 5.41) is 16.6. The van der Waals surface area contributed by atoms with Crippen molar-refractivity contribution in [1.29, 1.82) is 0 Å². The van der Waals surface area contributed by atoms with Crippen molar-refractivity contribution in [1.82, 2.24) is 34.6 Å². The third-order valence-corrected chi connectivity index (χ3v) is 14.1. The molecule has 6 aromatic rings. The number of likely N-dealkylation sites (tertiary alicyclic amines) is 1. The molecule has 3 atom stereocenters. The summed E-state index contributed by atoms with van der Waals surface area (Å²) in [5.41, 5.74) is 2.49. The van der Waals surface area contributed by atoms with Crippen LogP contribution in [0.25, 0.3) is 27.4 Å². The molecule has 4 aliphatic heterocycles. The summed E-state index contributed by atoms with van der Waals surface area (Å²) in [7, 11) is 0. The quantitative estimate of drug-likeness (QED) is 0.110. The monoisotopic (exact) mass is 885 g/mol. The molecule has 1 saturated carbocycles. The number of morpholine rings is 1. The van der Waals surface area contributed by atoms with Crippen molar-refractivity contribution in [3.05, 3.63) is 83.6 Å². The number of ether oxygens (including phenoxy) is 2. The Bertz CT molecular complexity index is 2860. The predicted molar refractivity (Wildman–Crippen MR) is 236 cm³/mol. The van der Waals surface area contributed by atoms with Gasteiger partial charge in [-0.15, -0.1) is 0 Å². The SMILES string of the molecule is O=C1CCC(c2coc3ccc4cc(C#CCOC5CCN(CC6CCC(n7cc(NC(=O)c8cnn9ccc(N%10CC%11CC%10CO%11)nc89)c(C(F)F)n7)CC6)CC5)ccc4c23)C(=O)N1. The number of furan rings is 1. The average Bonchev–Trinajstić information content (AvgIpc) is 4.18. The number of amides is 3. The number of piperidine rings is 2. The van der Waals surface area contributed by atoms with Gasteiger partial charge >= 0.3 is 0 Å². The van der Waals surface area contributed by atoms with E-state index in [9.17, 15) is 23.2 Å². The number of hydrogen-bond donors (Lipinski definition) is 2. The van der Waals surface area contributed by atoms with Crippen LogP contribution in [0, 0.1) is 17.8 Å². The van der Waals surface area contributed by atoms with Crippen molar-refractivity contribution >= 4 is 56.6 Å². The predicted octanol–water partition coefficient (Wildman–Crippen LogP) is 6.78. The first-order valence-electron chi connectivity index (χ1n) is 22.7. The highest BCUT2D eigenvalue weighted by Gasteiger charge is 2.40. The lowest BCUT2D eigenvalue weighted by atomic mass is 9.85. The summed E-state index contributed by atoms with van der Waals surface area (Å²) in [6.07, 6.45) is 11.0. The Labute approximate surface area is 372 Å².